The Labute approximate surface area is 75.6 Å². The average Bonchev–Trinajstić information content (AvgIpc) is 2.37. The zero-order valence-corrected chi connectivity index (χ0v) is 8.45. The van der Waals surface area contributed by atoms with Gasteiger partial charge in [-0.05, 0) is 39.7 Å². The van der Waals surface area contributed by atoms with Gasteiger partial charge in [0.15, 0.2) is 0 Å². The van der Waals surface area contributed by atoms with Crippen LogP contribution in [0.15, 0.2) is 0 Å². The van der Waals surface area contributed by atoms with Crippen LogP contribution in [0.2, 0.25) is 0 Å². The van der Waals surface area contributed by atoms with E-state index in [1.807, 2.05) is 0 Å². The summed E-state index contributed by atoms with van der Waals surface area (Å²) >= 11 is 0. The Bertz CT molecular complexity index is 136. The lowest BCUT2D eigenvalue weighted by atomic mass is 10.1. The highest BCUT2D eigenvalue weighted by Crippen LogP contribution is 2.25. The van der Waals surface area contributed by atoms with Gasteiger partial charge in [0, 0.05) is 12.1 Å². The summed E-state index contributed by atoms with van der Waals surface area (Å²) < 4.78 is 0. The lowest BCUT2D eigenvalue weighted by Gasteiger charge is -2.31. The van der Waals surface area contributed by atoms with Crippen molar-refractivity contribution in [2.45, 2.75) is 58.2 Å². The second kappa shape index (κ2) is 4.24. The highest BCUT2D eigenvalue weighted by molar-refractivity contribution is 4.83. The van der Waals surface area contributed by atoms with Crippen molar-refractivity contribution < 1.29 is 5.11 Å². The lowest BCUT2D eigenvalue weighted by Crippen LogP contribution is -2.39. The zero-order chi connectivity index (χ0) is 9.14. The smallest absolute Gasteiger partial charge is 0.0555 e. The molecule has 2 atom stereocenters. The van der Waals surface area contributed by atoms with Crippen LogP contribution in [-0.4, -0.2) is 34.7 Å². The summed E-state index contributed by atoms with van der Waals surface area (Å²) in [7, 11) is 0. The predicted molar refractivity (Wildman–Crippen MR) is 51.2 cm³/mol. The molecule has 12 heavy (non-hydrogen) atoms. The molecule has 0 aromatic heterocycles. The van der Waals surface area contributed by atoms with Crippen molar-refractivity contribution >= 4 is 0 Å². The molecule has 1 fully saturated rings. The molecule has 0 aromatic rings. The van der Waals surface area contributed by atoms with Gasteiger partial charge < -0.3 is 5.11 Å². The van der Waals surface area contributed by atoms with E-state index in [0.29, 0.717) is 12.1 Å². The first kappa shape index (κ1) is 10.0. The molecule has 0 saturated heterocycles. The van der Waals surface area contributed by atoms with Crippen LogP contribution in [0.4, 0.5) is 0 Å². The topological polar surface area (TPSA) is 23.5 Å². The first-order valence-electron chi connectivity index (χ1n) is 5.09. The van der Waals surface area contributed by atoms with Crippen LogP contribution in [0.1, 0.15) is 40.0 Å². The van der Waals surface area contributed by atoms with Crippen molar-refractivity contribution in [3.63, 3.8) is 0 Å². The van der Waals surface area contributed by atoms with E-state index in [1.54, 1.807) is 0 Å². The Morgan fingerprint density at radius 3 is 2.42 bits per heavy atom. The van der Waals surface area contributed by atoms with Crippen molar-refractivity contribution in [1.29, 1.82) is 0 Å². The average molecular weight is 171 g/mol. The molecule has 2 heteroatoms. The van der Waals surface area contributed by atoms with Gasteiger partial charge in [0.2, 0.25) is 0 Å². The van der Waals surface area contributed by atoms with Crippen LogP contribution in [0.25, 0.3) is 0 Å². The standard InChI is InChI=1S/C10H21NO/c1-4-11(8(2)3)9-5-6-10(12)7-9/h8-10,12H,4-7H2,1-3H3. The summed E-state index contributed by atoms with van der Waals surface area (Å²) in [5.41, 5.74) is 0. The summed E-state index contributed by atoms with van der Waals surface area (Å²) in [6.07, 6.45) is 3.11. The van der Waals surface area contributed by atoms with E-state index in [1.165, 1.54) is 6.42 Å². The van der Waals surface area contributed by atoms with Crippen molar-refractivity contribution in [2.75, 3.05) is 6.54 Å². The van der Waals surface area contributed by atoms with E-state index in [0.717, 1.165) is 19.4 Å². The highest BCUT2D eigenvalue weighted by Gasteiger charge is 2.28. The minimum atomic E-state index is -0.0391. The Hall–Kier alpha value is -0.0800. The van der Waals surface area contributed by atoms with E-state index >= 15 is 0 Å². The van der Waals surface area contributed by atoms with Gasteiger partial charge in [-0.1, -0.05) is 6.92 Å². The first-order chi connectivity index (χ1) is 5.65. The second-order valence-electron chi connectivity index (χ2n) is 4.04. The van der Waals surface area contributed by atoms with Crippen molar-refractivity contribution in [3.8, 4) is 0 Å². The van der Waals surface area contributed by atoms with Gasteiger partial charge in [0.1, 0.15) is 0 Å². The third kappa shape index (κ3) is 2.20. The molecule has 0 radical (unpaired) electrons. The van der Waals surface area contributed by atoms with Crippen LogP contribution in [0.5, 0.6) is 0 Å². The monoisotopic (exact) mass is 171 g/mol. The normalized spacial score (nSPS) is 30.5. The SMILES string of the molecule is CCN(C(C)C)C1CCC(O)C1. The van der Waals surface area contributed by atoms with Crippen LogP contribution < -0.4 is 0 Å². The number of aliphatic hydroxyl groups is 1. The number of hydrogen-bond acceptors (Lipinski definition) is 2. The molecule has 1 saturated carbocycles. The third-order valence-corrected chi connectivity index (χ3v) is 2.87. The largest absolute Gasteiger partial charge is 0.393 e. The van der Waals surface area contributed by atoms with Crippen LogP contribution in [0.3, 0.4) is 0 Å². The fourth-order valence-electron chi connectivity index (χ4n) is 2.28. The van der Waals surface area contributed by atoms with E-state index in [4.69, 9.17) is 0 Å². The highest BCUT2D eigenvalue weighted by atomic mass is 16.3. The lowest BCUT2D eigenvalue weighted by molar-refractivity contribution is 0.134. The molecule has 1 aliphatic rings. The maximum absolute atomic E-state index is 9.40. The van der Waals surface area contributed by atoms with Gasteiger partial charge in [0.25, 0.3) is 0 Å². The number of aliphatic hydroxyl groups excluding tert-OH is 1. The zero-order valence-electron chi connectivity index (χ0n) is 8.45. The minimum Gasteiger partial charge on any atom is -0.393 e. The quantitative estimate of drug-likeness (QED) is 0.697. The van der Waals surface area contributed by atoms with E-state index < -0.39 is 0 Å². The second-order valence-corrected chi connectivity index (χ2v) is 4.04. The third-order valence-electron chi connectivity index (χ3n) is 2.87. The molecule has 0 bridgehead atoms. The van der Waals surface area contributed by atoms with Crippen LogP contribution in [0, 0.1) is 0 Å². The van der Waals surface area contributed by atoms with Gasteiger partial charge >= 0.3 is 0 Å². The first-order valence-corrected chi connectivity index (χ1v) is 5.09. The molecule has 1 aliphatic carbocycles. The fourth-order valence-corrected chi connectivity index (χ4v) is 2.28. The summed E-state index contributed by atoms with van der Waals surface area (Å²) in [5.74, 6) is 0. The van der Waals surface area contributed by atoms with Gasteiger partial charge in [0.05, 0.1) is 6.10 Å². The molecular formula is C10H21NO. The van der Waals surface area contributed by atoms with Gasteiger partial charge in [-0.2, -0.15) is 0 Å². The number of hydrogen-bond donors (Lipinski definition) is 1. The Kier molecular flexibility index (Phi) is 3.53. The molecule has 2 unspecified atom stereocenters. The van der Waals surface area contributed by atoms with Crippen LogP contribution >= 0.6 is 0 Å². The van der Waals surface area contributed by atoms with Gasteiger partial charge in [-0.3, -0.25) is 4.90 Å². The Morgan fingerprint density at radius 1 is 1.42 bits per heavy atom. The number of rotatable bonds is 3. The molecule has 0 amide bonds. The molecule has 1 N–H and O–H groups in total. The molecule has 0 spiro atoms. The maximum Gasteiger partial charge on any atom is 0.0555 e. The summed E-state index contributed by atoms with van der Waals surface area (Å²) in [6, 6.07) is 1.25. The molecule has 0 aromatic carbocycles. The van der Waals surface area contributed by atoms with E-state index in [9.17, 15) is 5.11 Å². The number of nitrogens with zero attached hydrogens (tertiary/aromatic N) is 1. The molecule has 72 valence electrons. The van der Waals surface area contributed by atoms with Crippen LogP contribution in [-0.2, 0) is 0 Å². The fraction of sp³-hybridized carbons (Fsp3) is 1.00. The molecule has 0 heterocycles. The van der Waals surface area contributed by atoms with Gasteiger partial charge in [-0.15, -0.1) is 0 Å². The van der Waals surface area contributed by atoms with Crippen molar-refractivity contribution in [1.82, 2.24) is 4.90 Å². The molecular weight excluding hydrogens is 150 g/mol. The van der Waals surface area contributed by atoms with Crippen molar-refractivity contribution in [2.24, 2.45) is 0 Å². The van der Waals surface area contributed by atoms with E-state index in [-0.39, 0.29) is 6.10 Å². The predicted octanol–water partition coefficient (Wildman–Crippen LogP) is 1.63. The van der Waals surface area contributed by atoms with Crippen molar-refractivity contribution in [3.05, 3.63) is 0 Å². The summed E-state index contributed by atoms with van der Waals surface area (Å²) in [6.45, 7) is 7.77. The molecule has 1 rings (SSSR count). The Morgan fingerprint density at radius 2 is 2.08 bits per heavy atom. The molecule has 0 aliphatic heterocycles. The summed E-state index contributed by atoms with van der Waals surface area (Å²) in [4.78, 5) is 2.48. The minimum absolute atomic E-state index is 0.0391. The summed E-state index contributed by atoms with van der Waals surface area (Å²) in [5, 5.41) is 9.40. The Balaban J connectivity index is 2.44. The molecule has 2 nitrogen and oxygen atoms in total. The van der Waals surface area contributed by atoms with Gasteiger partial charge in [-0.25, -0.2) is 0 Å². The van der Waals surface area contributed by atoms with E-state index in [2.05, 4.69) is 25.7 Å². The maximum atomic E-state index is 9.40.